The predicted octanol–water partition coefficient (Wildman–Crippen LogP) is 2.21. The maximum atomic E-state index is 11.6. The fourth-order valence-electron chi connectivity index (χ4n) is 1.35. The largest absolute Gasteiger partial charge is 0.480 e. The van der Waals surface area contributed by atoms with Gasteiger partial charge in [-0.3, -0.25) is 4.79 Å². The molecule has 0 aliphatic rings. The SMILES string of the molecule is C#CCOc1cc(NC(C)=O)c(Br)cc1C(=O)OC. The Morgan fingerprint density at radius 2 is 2.16 bits per heavy atom. The van der Waals surface area contributed by atoms with E-state index in [1.54, 1.807) is 0 Å². The lowest BCUT2D eigenvalue weighted by atomic mass is 10.1. The van der Waals surface area contributed by atoms with Gasteiger partial charge in [-0.25, -0.2) is 4.79 Å². The maximum absolute atomic E-state index is 11.6. The monoisotopic (exact) mass is 325 g/mol. The van der Waals surface area contributed by atoms with Crippen LogP contribution in [0.3, 0.4) is 0 Å². The van der Waals surface area contributed by atoms with Crippen LogP contribution in [-0.4, -0.2) is 25.6 Å². The fraction of sp³-hybridized carbons (Fsp3) is 0.231. The number of hydrogen-bond donors (Lipinski definition) is 1. The van der Waals surface area contributed by atoms with Crippen LogP contribution in [0.2, 0.25) is 0 Å². The molecule has 19 heavy (non-hydrogen) atoms. The van der Waals surface area contributed by atoms with Crippen molar-refractivity contribution in [2.75, 3.05) is 19.0 Å². The molecular weight excluding hydrogens is 314 g/mol. The molecule has 1 aromatic rings. The summed E-state index contributed by atoms with van der Waals surface area (Å²) in [4.78, 5) is 22.7. The van der Waals surface area contributed by atoms with Crippen molar-refractivity contribution in [2.24, 2.45) is 0 Å². The van der Waals surface area contributed by atoms with Crippen LogP contribution in [0.5, 0.6) is 5.75 Å². The first-order chi connectivity index (χ1) is 8.99. The third kappa shape index (κ3) is 4.00. The number of carbonyl (C=O) groups excluding carboxylic acids is 2. The normalized spacial score (nSPS) is 9.37. The standard InChI is InChI=1S/C13H12BrNO4/c1-4-5-19-12-7-11(15-8(2)16)10(14)6-9(12)13(17)18-3/h1,6-7H,5H2,2-3H3,(H,15,16). The zero-order valence-corrected chi connectivity index (χ0v) is 12.0. The van der Waals surface area contributed by atoms with E-state index < -0.39 is 5.97 Å². The van der Waals surface area contributed by atoms with Gasteiger partial charge in [-0.05, 0) is 22.0 Å². The van der Waals surface area contributed by atoms with Crippen LogP contribution < -0.4 is 10.1 Å². The minimum Gasteiger partial charge on any atom is -0.480 e. The molecule has 0 aliphatic heterocycles. The third-order valence-corrected chi connectivity index (χ3v) is 2.75. The van der Waals surface area contributed by atoms with Gasteiger partial charge in [0.15, 0.2) is 0 Å². The Morgan fingerprint density at radius 3 is 2.68 bits per heavy atom. The number of hydrogen-bond acceptors (Lipinski definition) is 4. The minimum absolute atomic E-state index is 0.00510. The second kappa shape index (κ2) is 6.81. The number of terminal acetylenes is 1. The number of halogens is 1. The van der Waals surface area contributed by atoms with Crippen molar-refractivity contribution < 1.29 is 19.1 Å². The Kier molecular flexibility index (Phi) is 5.39. The van der Waals surface area contributed by atoms with E-state index in [0.717, 1.165) is 0 Å². The Bertz CT molecular complexity index is 548. The molecule has 1 aromatic carbocycles. The van der Waals surface area contributed by atoms with Crippen molar-refractivity contribution in [3.8, 4) is 18.1 Å². The molecule has 0 radical (unpaired) electrons. The van der Waals surface area contributed by atoms with Gasteiger partial charge in [0, 0.05) is 17.5 Å². The van der Waals surface area contributed by atoms with Crippen LogP contribution in [-0.2, 0) is 9.53 Å². The maximum Gasteiger partial charge on any atom is 0.341 e. The van der Waals surface area contributed by atoms with Crippen molar-refractivity contribution >= 4 is 33.5 Å². The summed E-state index contributed by atoms with van der Waals surface area (Å²) in [5.41, 5.74) is 0.700. The van der Waals surface area contributed by atoms with E-state index in [4.69, 9.17) is 11.2 Å². The van der Waals surface area contributed by atoms with E-state index in [0.29, 0.717) is 10.2 Å². The molecule has 0 aromatic heterocycles. The van der Waals surface area contributed by atoms with Crippen molar-refractivity contribution in [3.63, 3.8) is 0 Å². The van der Waals surface area contributed by atoms with Crippen molar-refractivity contribution in [1.82, 2.24) is 0 Å². The van der Waals surface area contributed by atoms with Crippen LogP contribution in [0.25, 0.3) is 0 Å². The molecule has 6 heteroatoms. The lowest BCUT2D eigenvalue weighted by Gasteiger charge is -2.12. The van der Waals surface area contributed by atoms with Gasteiger partial charge in [0.25, 0.3) is 0 Å². The van der Waals surface area contributed by atoms with E-state index in [1.807, 2.05) is 0 Å². The van der Waals surface area contributed by atoms with E-state index in [9.17, 15) is 9.59 Å². The summed E-state index contributed by atoms with van der Waals surface area (Å²) in [5, 5.41) is 2.60. The van der Waals surface area contributed by atoms with Gasteiger partial charge in [0.2, 0.25) is 5.91 Å². The molecular formula is C13H12BrNO4. The highest BCUT2D eigenvalue weighted by molar-refractivity contribution is 9.10. The Morgan fingerprint density at radius 1 is 1.47 bits per heavy atom. The molecule has 1 amide bonds. The summed E-state index contributed by atoms with van der Waals surface area (Å²) in [6.45, 7) is 1.38. The van der Waals surface area contributed by atoms with Crippen LogP contribution >= 0.6 is 15.9 Å². The van der Waals surface area contributed by atoms with E-state index >= 15 is 0 Å². The number of esters is 1. The average molecular weight is 326 g/mol. The van der Waals surface area contributed by atoms with Gasteiger partial charge >= 0.3 is 5.97 Å². The van der Waals surface area contributed by atoms with Crippen LogP contribution in [0.15, 0.2) is 16.6 Å². The summed E-state index contributed by atoms with van der Waals surface area (Å²) in [7, 11) is 1.27. The van der Waals surface area contributed by atoms with Gasteiger partial charge in [-0.2, -0.15) is 0 Å². The van der Waals surface area contributed by atoms with Crippen LogP contribution in [0.1, 0.15) is 17.3 Å². The highest BCUT2D eigenvalue weighted by Crippen LogP contribution is 2.31. The Hall–Kier alpha value is -2.00. The fourth-order valence-corrected chi connectivity index (χ4v) is 1.79. The molecule has 0 spiro atoms. The first kappa shape index (κ1) is 15.1. The second-order valence-corrected chi connectivity index (χ2v) is 4.35. The summed E-state index contributed by atoms with van der Waals surface area (Å²) >= 11 is 3.26. The third-order valence-electron chi connectivity index (χ3n) is 2.10. The Labute approximate surface area is 119 Å². The highest BCUT2D eigenvalue weighted by atomic mass is 79.9. The Balaban J connectivity index is 3.24. The van der Waals surface area contributed by atoms with Crippen molar-refractivity contribution in [2.45, 2.75) is 6.92 Å². The molecule has 0 saturated carbocycles. The zero-order chi connectivity index (χ0) is 14.4. The quantitative estimate of drug-likeness (QED) is 0.681. The molecule has 0 atom stereocenters. The first-order valence-electron chi connectivity index (χ1n) is 5.25. The van der Waals surface area contributed by atoms with Crippen LogP contribution in [0, 0.1) is 12.3 Å². The van der Waals surface area contributed by atoms with Gasteiger partial charge in [0.05, 0.1) is 12.8 Å². The predicted molar refractivity (Wildman–Crippen MR) is 74.1 cm³/mol. The summed E-state index contributed by atoms with van der Waals surface area (Å²) in [5.74, 6) is 1.75. The molecule has 100 valence electrons. The smallest absolute Gasteiger partial charge is 0.341 e. The van der Waals surface area contributed by atoms with Gasteiger partial charge in [0.1, 0.15) is 17.9 Å². The van der Waals surface area contributed by atoms with E-state index in [2.05, 4.69) is 31.9 Å². The molecule has 1 rings (SSSR count). The number of benzene rings is 1. The van der Waals surface area contributed by atoms with Crippen molar-refractivity contribution in [1.29, 1.82) is 0 Å². The molecule has 5 nitrogen and oxygen atoms in total. The molecule has 0 heterocycles. The van der Waals surface area contributed by atoms with E-state index in [1.165, 1.54) is 26.2 Å². The second-order valence-electron chi connectivity index (χ2n) is 3.49. The average Bonchev–Trinajstić information content (AvgIpc) is 2.37. The zero-order valence-electron chi connectivity index (χ0n) is 10.5. The topological polar surface area (TPSA) is 64.6 Å². The lowest BCUT2D eigenvalue weighted by molar-refractivity contribution is -0.114. The summed E-state index contributed by atoms with van der Waals surface area (Å²) in [6, 6.07) is 3.01. The number of methoxy groups -OCH3 is 1. The summed E-state index contributed by atoms with van der Waals surface area (Å²) < 4.78 is 10.5. The summed E-state index contributed by atoms with van der Waals surface area (Å²) in [6.07, 6.45) is 5.11. The van der Waals surface area contributed by atoms with Crippen molar-refractivity contribution in [3.05, 3.63) is 22.2 Å². The number of carbonyl (C=O) groups is 2. The number of amides is 1. The molecule has 0 aliphatic carbocycles. The van der Waals surface area contributed by atoms with Crippen LogP contribution in [0.4, 0.5) is 5.69 Å². The molecule has 1 N–H and O–H groups in total. The van der Waals surface area contributed by atoms with Gasteiger partial charge in [-0.1, -0.05) is 5.92 Å². The molecule has 0 saturated heterocycles. The van der Waals surface area contributed by atoms with Gasteiger partial charge in [-0.15, -0.1) is 6.42 Å². The van der Waals surface area contributed by atoms with E-state index in [-0.39, 0.29) is 23.8 Å². The van der Waals surface area contributed by atoms with Gasteiger partial charge < -0.3 is 14.8 Å². The lowest BCUT2D eigenvalue weighted by Crippen LogP contribution is -2.10. The number of nitrogens with one attached hydrogen (secondary N) is 1. The number of anilines is 1. The molecule has 0 fully saturated rings. The highest BCUT2D eigenvalue weighted by Gasteiger charge is 2.17. The molecule has 0 unspecified atom stereocenters. The minimum atomic E-state index is -0.554. The molecule has 0 bridgehead atoms. The number of rotatable bonds is 4. The first-order valence-corrected chi connectivity index (χ1v) is 6.04. The number of ether oxygens (including phenoxy) is 2.